The minimum Gasteiger partial charge on any atom is -0.203 e. The molecule has 0 bridgehead atoms. The minimum atomic E-state index is -1.41. The van der Waals surface area contributed by atoms with E-state index in [0.29, 0.717) is 0 Å². The Morgan fingerprint density at radius 1 is 0.895 bits per heavy atom. The molecule has 19 heavy (non-hydrogen) atoms. The molecule has 0 unspecified atom stereocenters. The van der Waals surface area contributed by atoms with Crippen LogP contribution in [0.1, 0.15) is 57.6 Å². The highest BCUT2D eigenvalue weighted by Gasteiger charge is 2.35. The molecule has 1 aromatic rings. The summed E-state index contributed by atoms with van der Waals surface area (Å²) in [7, 11) is 5.87. The van der Waals surface area contributed by atoms with Gasteiger partial charge in [0.25, 0.3) is 0 Å². The van der Waals surface area contributed by atoms with Gasteiger partial charge >= 0.3 is 0 Å². The van der Waals surface area contributed by atoms with Crippen molar-refractivity contribution in [3.63, 3.8) is 0 Å². The van der Waals surface area contributed by atoms with Crippen LogP contribution in [0.2, 0.25) is 0 Å². The van der Waals surface area contributed by atoms with Crippen LogP contribution >= 0.6 is 0 Å². The largest absolute Gasteiger partial charge is 0.203 e. The highest BCUT2D eigenvalue weighted by Crippen LogP contribution is 2.37. The van der Waals surface area contributed by atoms with Gasteiger partial charge < -0.3 is 0 Å². The molecule has 0 atom stereocenters. The summed E-state index contributed by atoms with van der Waals surface area (Å²) >= 11 is 0. The topological polar surface area (TPSA) is 0 Å². The van der Waals surface area contributed by atoms with Crippen LogP contribution in [0.25, 0.3) is 0 Å². The van der Waals surface area contributed by atoms with Crippen molar-refractivity contribution in [1.29, 1.82) is 0 Å². The summed E-state index contributed by atoms with van der Waals surface area (Å²) in [5.74, 6) is -6.11. The summed E-state index contributed by atoms with van der Waals surface area (Å²) in [6.45, 7) is 6.17. The van der Waals surface area contributed by atoms with Gasteiger partial charge in [-0.05, 0) is 11.2 Å². The van der Waals surface area contributed by atoms with Crippen molar-refractivity contribution in [3.05, 3.63) is 34.4 Å². The van der Waals surface area contributed by atoms with E-state index < -0.39 is 45.6 Å². The first-order valence-corrected chi connectivity index (χ1v) is 6.36. The van der Waals surface area contributed by atoms with Gasteiger partial charge in [0, 0.05) is 11.1 Å². The molecule has 1 aromatic carbocycles. The highest BCUT2D eigenvalue weighted by molar-refractivity contribution is 6.15. The maximum Gasteiger partial charge on any atom is 0.165 e. The van der Waals surface area contributed by atoms with E-state index in [-0.39, 0.29) is 12.8 Å². The third-order valence-corrected chi connectivity index (χ3v) is 3.63. The molecule has 0 aliphatic carbocycles. The second-order valence-electron chi connectivity index (χ2n) is 5.06. The van der Waals surface area contributed by atoms with E-state index in [9.17, 15) is 17.6 Å². The molecule has 0 saturated heterocycles. The van der Waals surface area contributed by atoms with Gasteiger partial charge in [0.1, 0.15) is 0 Å². The second-order valence-corrected chi connectivity index (χ2v) is 5.06. The Bertz CT molecular complexity index is 450. The van der Waals surface area contributed by atoms with E-state index in [1.165, 1.54) is 13.8 Å². The molecule has 0 N–H and O–H groups in total. The fourth-order valence-corrected chi connectivity index (χ4v) is 2.20. The number of benzene rings is 1. The van der Waals surface area contributed by atoms with Gasteiger partial charge in [-0.2, -0.15) is 0 Å². The van der Waals surface area contributed by atoms with E-state index >= 15 is 0 Å². The molecule has 0 saturated carbocycles. The molecule has 0 fully saturated rings. The van der Waals surface area contributed by atoms with Crippen molar-refractivity contribution in [2.45, 2.75) is 51.8 Å². The first kappa shape index (κ1) is 16.1. The Labute approximate surface area is 112 Å². The zero-order valence-corrected chi connectivity index (χ0v) is 11.6. The maximum atomic E-state index is 14.1. The zero-order chi connectivity index (χ0) is 15.0. The summed E-state index contributed by atoms with van der Waals surface area (Å²) in [6.07, 6.45) is 0.356. The molecule has 1 rings (SSSR count). The molecule has 104 valence electrons. The fourth-order valence-electron chi connectivity index (χ4n) is 2.20. The quantitative estimate of drug-likeness (QED) is 0.428. The summed E-state index contributed by atoms with van der Waals surface area (Å²) in [6, 6.07) is 0. The SMILES string of the molecule is [B]C(CC)(CC)c1c(F)c(F)c(C(C)C)c(F)c1F. The number of hydrogen-bond donors (Lipinski definition) is 0. The fraction of sp³-hybridized carbons (Fsp3) is 0.571. The molecule has 0 aliphatic heterocycles. The van der Waals surface area contributed by atoms with Crippen molar-refractivity contribution < 1.29 is 17.6 Å². The lowest BCUT2D eigenvalue weighted by molar-refractivity contribution is 0.392. The highest BCUT2D eigenvalue weighted by atomic mass is 19.2. The van der Waals surface area contributed by atoms with E-state index in [4.69, 9.17) is 7.85 Å². The first-order valence-electron chi connectivity index (χ1n) is 6.36. The normalized spacial score (nSPS) is 12.3. The van der Waals surface area contributed by atoms with Gasteiger partial charge in [0.15, 0.2) is 23.3 Å². The molecule has 2 radical (unpaired) electrons. The van der Waals surface area contributed by atoms with Gasteiger partial charge in [-0.15, -0.1) is 0 Å². The van der Waals surface area contributed by atoms with Crippen LogP contribution in [0.5, 0.6) is 0 Å². The lowest BCUT2D eigenvalue weighted by Gasteiger charge is -2.30. The van der Waals surface area contributed by atoms with Crippen LogP contribution in [-0.4, -0.2) is 7.85 Å². The van der Waals surface area contributed by atoms with Crippen LogP contribution in [-0.2, 0) is 5.31 Å². The van der Waals surface area contributed by atoms with Gasteiger partial charge in [-0.1, -0.05) is 40.5 Å². The van der Waals surface area contributed by atoms with Crippen LogP contribution in [0, 0.1) is 23.3 Å². The Balaban J connectivity index is 3.71. The zero-order valence-electron chi connectivity index (χ0n) is 11.6. The molecular formula is C14H17BF4. The molecule has 0 aromatic heterocycles. The average molecular weight is 272 g/mol. The molecule has 0 amide bonds. The summed E-state index contributed by atoms with van der Waals surface area (Å²) < 4.78 is 56.0. The Kier molecular flexibility index (Phi) is 4.69. The Morgan fingerprint density at radius 2 is 1.26 bits per heavy atom. The molecule has 0 spiro atoms. The number of rotatable bonds is 4. The van der Waals surface area contributed by atoms with E-state index in [2.05, 4.69) is 0 Å². The van der Waals surface area contributed by atoms with Crippen molar-refractivity contribution in [1.82, 2.24) is 0 Å². The van der Waals surface area contributed by atoms with Crippen LogP contribution in [0.3, 0.4) is 0 Å². The molecule has 0 heterocycles. The summed E-state index contributed by atoms with van der Waals surface area (Å²) in [5, 5.41) is -1.41. The average Bonchev–Trinajstić information content (AvgIpc) is 2.36. The second kappa shape index (κ2) is 5.55. The summed E-state index contributed by atoms with van der Waals surface area (Å²) in [4.78, 5) is 0. The van der Waals surface area contributed by atoms with Crippen LogP contribution in [0.4, 0.5) is 17.6 Å². The lowest BCUT2D eigenvalue weighted by Crippen LogP contribution is -2.29. The predicted molar refractivity (Wildman–Crippen MR) is 68.4 cm³/mol. The summed E-state index contributed by atoms with van der Waals surface area (Å²) in [5.41, 5.74) is -1.27. The minimum absolute atomic E-state index is 0.178. The van der Waals surface area contributed by atoms with Gasteiger partial charge in [0.05, 0.1) is 7.85 Å². The van der Waals surface area contributed by atoms with Crippen molar-refractivity contribution in [2.75, 3.05) is 0 Å². The first-order chi connectivity index (χ1) is 8.71. The van der Waals surface area contributed by atoms with Crippen molar-refractivity contribution >= 4 is 7.85 Å². The van der Waals surface area contributed by atoms with E-state index in [1.807, 2.05) is 0 Å². The number of halogens is 4. The van der Waals surface area contributed by atoms with Crippen LogP contribution < -0.4 is 0 Å². The standard InChI is InChI=1S/C14H17BF4/c1-5-14(15,6-2)9-12(18)10(16)8(7(3)4)11(17)13(9)19/h7H,5-6H2,1-4H3. The third-order valence-electron chi connectivity index (χ3n) is 3.63. The van der Waals surface area contributed by atoms with Gasteiger partial charge in [-0.3, -0.25) is 0 Å². The molecule has 5 heteroatoms. The maximum absolute atomic E-state index is 14.1. The molecule has 0 aliphatic rings. The van der Waals surface area contributed by atoms with Crippen molar-refractivity contribution in [3.8, 4) is 0 Å². The predicted octanol–water partition coefficient (Wildman–Crippen LogP) is 4.55. The Morgan fingerprint density at radius 3 is 1.53 bits per heavy atom. The molecule has 0 nitrogen and oxygen atoms in total. The van der Waals surface area contributed by atoms with Gasteiger partial charge in [-0.25, -0.2) is 17.6 Å². The van der Waals surface area contributed by atoms with Crippen molar-refractivity contribution in [2.24, 2.45) is 0 Å². The molecular weight excluding hydrogens is 255 g/mol. The lowest BCUT2D eigenvalue weighted by atomic mass is 9.60. The smallest absolute Gasteiger partial charge is 0.165 e. The van der Waals surface area contributed by atoms with E-state index in [0.717, 1.165) is 0 Å². The van der Waals surface area contributed by atoms with Crippen LogP contribution in [0.15, 0.2) is 0 Å². The van der Waals surface area contributed by atoms with E-state index in [1.54, 1.807) is 13.8 Å². The third kappa shape index (κ3) is 2.52. The Hall–Kier alpha value is -0.995. The number of hydrogen-bond acceptors (Lipinski definition) is 0. The van der Waals surface area contributed by atoms with Gasteiger partial charge in [0.2, 0.25) is 0 Å². The monoisotopic (exact) mass is 272 g/mol.